The van der Waals surface area contributed by atoms with Crippen molar-refractivity contribution in [3.05, 3.63) is 59.6 Å². The quantitative estimate of drug-likeness (QED) is 0.184. The average molecular weight is 791 g/mol. The van der Waals surface area contributed by atoms with Crippen LogP contribution in [-0.4, -0.2) is 77.8 Å². The molecular formula is C27H28ClFN8O9S4. The Balaban J connectivity index is 0.000000225. The lowest BCUT2D eigenvalue weighted by Gasteiger charge is -2.15. The number of benzene rings is 1. The number of hydrogen-bond acceptors (Lipinski definition) is 16. The van der Waals surface area contributed by atoms with Crippen molar-refractivity contribution in [3.8, 4) is 6.01 Å². The number of amides is 2. The first-order valence-electron chi connectivity index (χ1n) is 14.1. The van der Waals surface area contributed by atoms with Crippen LogP contribution in [0.25, 0.3) is 0 Å². The predicted octanol–water partition coefficient (Wildman–Crippen LogP) is 3.34. The number of thiophene rings is 1. The van der Waals surface area contributed by atoms with Crippen LogP contribution in [0.3, 0.4) is 0 Å². The lowest BCUT2D eigenvalue weighted by atomic mass is 10.3. The number of aryl methyl sites for hydroxylation is 1. The molecule has 23 heteroatoms. The number of esters is 2. The minimum atomic E-state index is -4.30. The number of ether oxygens (including phenoxy) is 3. The number of nitrogens with zero attached hydrogens (tertiary/aromatic N) is 6. The number of aromatic nitrogens is 5. The van der Waals surface area contributed by atoms with Gasteiger partial charge in [-0.25, -0.2) is 36.8 Å². The van der Waals surface area contributed by atoms with Crippen molar-refractivity contribution in [3.63, 3.8) is 0 Å². The van der Waals surface area contributed by atoms with Crippen molar-refractivity contribution in [2.45, 2.75) is 42.6 Å². The largest absolute Gasteiger partial charge is 0.468 e. The molecule has 0 aliphatic carbocycles. The minimum Gasteiger partial charge on any atom is -0.468 e. The SMILES string of the molecule is COC(=O)CSc1cc(N=c2sc(=O)n3n2CCCC3)c(F)cc1Cl.COC(=O)c1sccc1S(=O)(=O)NC(=O)Nc1nc(C)nc(OC)n1. The highest BCUT2D eigenvalue weighted by molar-refractivity contribution is 8.00. The van der Waals surface area contributed by atoms with Crippen molar-refractivity contribution < 1.29 is 41.4 Å². The standard InChI is InChI=1S/C15H15ClFN3O3S2.C12H13N5O6S2/c1-23-13(21)8-24-12-7-11(10(17)6-9(12)16)18-14-19-4-2-3-5-20(19)15(22)25-14;1-6-13-10(16-12(14-6)23-3)15-11(19)17-25(20,21)7-4-5-24-8(7)9(18)22-2/h6-7H,2-5,8H2,1H3;4-5H,1-3H3,(H2,13,14,15,16,17,19). The minimum absolute atomic E-state index is 0.0449. The lowest BCUT2D eigenvalue weighted by Crippen LogP contribution is -2.35. The van der Waals surface area contributed by atoms with Gasteiger partial charge in [0.25, 0.3) is 10.0 Å². The Morgan fingerprint density at radius 2 is 1.82 bits per heavy atom. The number of nitrogens with one attached hydrogen (secondary N) is 2. The van der Waals surface area contributed by atoms with Gasteiger partial charge in [-0.1, -0.05) is 11.6 Å². The summed E-state index contributed by atoms with van der Waals surface area (Å²) in [7, 11) is -0.558. The van der Waals surface area contributed by atoms with E-state index in [0.29, 0.717) is 22.8 Å². The second-order valence-electron chi connectivity index (χ2n) is 9.67. The van der Waals surface area contributed by atoms with Crippen LogP contribution in [-0.2, 0) is 37.4 Å². The van der Waals surface area contributed by atoms with Gasteiger partial charge in [0.2, 0.25) is 10.7 Å². The highest BCUT2D eigenvalue weighted by Gasteiger charge is 2.27. The normalized spacial score (nSPS) is 12.6. The molecule has 268 valence electrons. The zero-order chi connectivity index (χ0) is 36.6. The molecule has 3 aromatic heterocycles. The van der Waals surface area contributed by atoms with E-state index in [1.165, 1.54) is 38.7 Å². The first kappa shape index (κ1) is 38.4. The molecule has 2 amide bonds. The Labute approximate surface area is 300 Å². The maximum absolute atomic E-state index is 14.3. The van der Waals surface area contributed by atoms with Gasteiger partial charge in [-0.05, 0) is 54.7 Å². The van der Waals surface area contributed by atoms with E-state index in [4.69, 9.17) is 16.3 Å². The van der Waals surface area contributed by atoms with E-state index in [9.17, 15) is 32.0 Å². The van der Waals surface area contributed by atoms with Crippen LogP contribution in [0.1, 0.15) is 28.3 Å². The van der Waals surface area contributed by atoms with E-state index in [1.807, 2.05) is 0 Å². The predicted molar refractivity (Wildman–Crippen MR) is 181 cm³/mol. The number of thioether (sulfide) groups is 1. The van der Waals surface area contributed by atoms with Crippen LogP contribution < -0.4 is 24.5 Å². The summed E-state index contributed by atoms with van der Waals surface area (Å²) in [4.78, 5) is 62.9. The van der Waals surface area contributed by atoms with Crippen molar-refractivity contribution >= 4 is 85.7 Å². The Bertz CT molecular complexity index is 2150. The smallest absolute Gasteiger partial charge is 0.349 e. The molecular weight excluding hydrogens is 763 g/mol. The number of fused-ring (bicyclic) bond motifs is 1. The summed E-state index contributed by atoms with van der Waals surface area (Å²) >= 11 is 9.04. The highest BCUT2D eigenvalue weighted by Crippen LogP contribution is 2.33. The van der Waals surface area contributed by atoms with Gasteiger partial charge in [0, 0.05) is 18.0 Å². The second kappa shape index (κ2) is 17.0. The molecule has 0 saturated carbocycles. The first-order valence-corrected chi connectivity index (χ1v) is 18.6. The monoisotopic (exact) mass is 790 g/mol. The number of carbonyl (C=O) groups excluding carboxylic acids is 3. The fourth-order valence-corrected chi connectivity index (χ4v) is 8.32. The third kappa shape index (κ3) is 9.65. The summed E-state index contributed by atoms with van der Waals surface area (Å²) in [5.74, 6) is -1.69. The van der Waals surface area contributed by atoms with E-state index in [2.05, 4.69) is 34.7 Å². The van der Waals surface area contributed by atoms with E-state index >= 15 is 0 Å². The topological polar surface area (TPSA) is 215 Å². The molecule has 4 heterocycles. The van der Waals surface area contributed by atoms with E-state index < -0.39 is 33.8 Å². The van der Waals surface area contributed by atoms with Crippen LogP contribution in [0.15, 0.2) is 43.2 Å². The van der Waals surface area contributed by atoms with Crippen LogP contribution in [0.5, 0.6) is 6.01 Å². The molecule has 1 aliphatic heterocycles. The van der Waals surface area contributed by atoms with Gasteiger partial charge in [0.15, 0.2) is 0 Å². The summed E-state index contributed by atoms with van der Waals surface area (Å²) in [5.41, 5.74) is 0.0829. The summed E-state index contributed by atoms with van der Waals surface area (Å²) in [6, 6.07) is 2.67. The molecule has 0 bridgehead atoms. The zero-order valence-corrected chi connectivity index (χ0v) is 30.6. The van der Waals surface area contributed by atoms with Gasteiger partial charge >= 0.3 is 28.9 Å². The molecule has 0 fully saturated rings. The summed E-state index contributed by atoms with van der Waals surface area (Å²) in [6.07, 6.45) is 1.90. The number of rotatable bonds is 9. The van der Waals surface area contributed by atoms with Crippen LogP contribution >= 0.6 is 46.0 Å². The molecule has 0 spiro atoms. The average Bonchev–Trinajstić information content (AvgIpc) is 3.70. The molecule has 0 radical (unpaired) electrons. The van der Waals surface area contributed by atoms with Crippen LogP contribution in [0, 0.1) is 12.7 Å². The number of sulfonamides is 1. The first-order chi connectivity index (χ1) is 23.8. The van der Waals surface area contributed by atoms with Crippen LogP contribution in [0.2, 0.25) is 5.02 Å². The molecule has 0 atom stereocenters. The number of methoxy groups -OCH3 is 3. The number of halogens is 2. The molecule has 50 heavy (non-hydrogen) atoms. The third-order valence-corrected chi connectivity index (χ3v) is 11.1. The fourth-order valence-electron chi connectivity index (χ4n) is 4.09. The van der Waals surface area contributed by atoms with E-state index in [1.54, 1.807) is 14.1 Å². The zero-order valence-electron chi connectivity index (χ0n) is 26.6. The molecule has 0 unspecified atom stereocenters. The van der Waals surface area contributed by atoms with Gasteiger partial charge < -0.3 is 14.2 Å². The Morgan fingerprint density at radius 1 is 1.10 bits per heavy atom. The summed E-state index contributed by atoms with van der Waals surface area (Å²) in [6.45, 7) is 2.86. The molecule has 5 rings (SSSR count). The lowest BCUT2D eigenvalue weighted by molar-refractivity contribution is -0.137. The van der Waals surface area contributed by atoms with Gasteiger partial charge in [-0.3, -0.25) is 19.6 Å². The highest BCUT2D eigenvalue weighted by atomic mass is 35.5. The van der Waals surface area contributed by atoms with Gasteiger partial charge in [-0.2, -0.15) is 15.0 Å². The summed E-state index contributed by atoms with van der Waals surface area (Å²) in [5, 5.41) is 3.74. The molecule has 17 nitrogen and oxygen atoms in total. The molecule has 2 N–H and O–H groups in total. The van der Waals surface area contributed by atoms with Crippen molar-refractivity contribution in [1.82, 2.24) is 29.0 Å². The summed E-state index contributed by atoms with van der Waals surface area (Å²) < 4.78 is 57.9. The second-order valence-corrected chi connectivity index (χ2v) is 14.6. The number of hydrogen-bond donors (Lipinski definition) is 2. The Kier molecular flexibility index (Phi) is 13.1. The Hall–Kier alpha value is -4.38. The van der Waals surface area contributed by atoms with Crippen molar-refractivity contribution in [1.29, 1.82) is 0 Å². The fraction of sp³-hybridized carbons (Fsp3) is 0.333. The molecule has 0 saturated heterocycles. The van der Waals surface area contributed by atoms with E-state index in [0.717, 1.165) is 60.5 Å². The number of carbonyl (C=O) groups is 3. The van der Waals surface area contributed by atoms with E-state index in [-0.39, 0.29) is 48.9 Å². The Morgan fingerprint density at radius 3 is 2.50 bits per heavy atom. The molecule has 1 aromatic carbocycles. The van der Waals surface area contributed by atoms with Crippen molar-refractivity contribution in [2.75, 3.05) is 32.4 Å². The molecule has 1 aliphatic rings. The van der Waals surface area contributed by atoms with Gasteiger partial charge in [-0.15, -0.1) is 23.1 Å². The number of anilines is 1. The van der Waals surface area contributed by atoms with Gasteiger partial charge in [0.05, 0.1) is 32.1 Å². The maximum Gasteiger partial charge on any atom is 0.349 e. The van der Waals surface area contributed by atoms with Crippen molar-refractivity contribution in [2.24, 2.45) is 4.99 Å². The third-order valence-electron chi connectivity index (χ3n) is 6.33. The van der Waals surface area contributed by atoms with Crippen LogP contribution in [0.4, 0.5) is 20.8 Å². The maximum atomic E-state index is 14.3. The number of urea groups is 1. The molecule has 4 aromatic rings. The van der Waals surface area contributed by atoms with Gasteiger partial charge in [0.1, 0.15) is 27.1 Å².